The van der Waals surface area contributed by atoms with Gasteiger partial charge >= 0.3 is 5.97 Å². The molecule has 0 unspecified atom stereocenters. The van der Waals surface area contributed by atoms with Gasteiger partial charge in [0, 0.05) is 18.9 Å². The predicted octanol–water partition coefficient (Wildman–Crippen LogP) is 2.15. The van der Waals surface area contributed by atoms with Gasteiger partial charge in [0.25, 0.3) is 5.91 Å². The number of nitrogens with zero attached hydrogens (tertiary/aromatic N) is 1. The second-order valence-electron chi connectivity index (χ2n) is 6.36. The minimum atomic E-state index is -0.760. The Morgan fingerprint density at radius 2 is 1.73 bits per heavy atom. The summed E-state index contributed by atoms with van der Waals surface area (Å²) < 4.78 is 15.4. The highest BCUT2D eigenvalue weighted by atomic mass is 16.5. The number of hydrogen-bond donors (Lipinski definition) is 1. The van der Waals surface area contributed by atoms with Gasteiger partial charge in [-0.1, -0.05) is 6.07 Å². The van der Waals surface area contributed by atoms with Crippen molar-refractivity contribution in [3.63, 3.8) is 0 Å². The maximum Gasteiger partial charge on any atom is 0.338 e. The molecule has 2 aromatic rings. The Hall–Kier alpha value is -3.88. The van der Waals surface area contributed by atoms with Crippen molar-refractivity contribution in [3.8, 4) is 11.5 Å². The van der Waals surface area contributed by atoms with E-state index in [0.717, 1.165) is 4.90 Å². The smallest absolute Gasteiger partial charge is 0.338 e. The van der Waals surface area contributed by atoms with Gasteiger partial charge in [-0.3, -0.25) is 19.3 Å². The van der Waals surface area contributed by atoms with Crippen molar-refractivity contribution in [2.75, 3.05) is 31.0 Å². The number of rotatable bonds is 7. The minimum Gasteiger partial charge on any atom is -0.497 e. The van der Waals surface area contributed by atoms with Gasteiger partial charge in [0.15, 0.2) is 6.61 Å². The van der Waals surface area contributed by atoms with E-state index in [1.54, 1.807) is 24.3 Å². The summed E-state index contributed by atoms with van der Waals surface area (Å²) in [4.78, 5) is 49.3. The number of amides is 3. The van der Waals surface area contributed by atoms with Crippen LogP contribution in [0.2, 0.25) is 0 Å². The Labute approximate surface area is 172 Å². The molecular weight excluding hydrogens is 392 g/mol. The van der Waals surface area contributed by atoms with E-state index in [4.69, 9.17) is 14.2 Å². The van der Waals surface area contributed by atoms with E-state index >= 15 is 0 Å². The van der Waals surface area contributed by atoms with E-state index in [9.17, 15) is 19.2 Å². The van der Waals surface area contributed by atoms with Crippen LogP contribution in [0.1, 0.15) is 23.2 Å². The average Bonchev–Trinajstić information content (AvgIpc) is 3.10. The number of benzene rings is 2. The number of esters is 1. The van der Waals surface area contributed by atoms with E-state index in [0.29, 0.717) is 22.9 Å². The second kappa shape index (κ2) is 9.08. The largest absolute Gasteiger partial charge is 0.497 e. The second-order valence-corrected chi connectivity index (χ2v) is 6.36. The molecule has 3 amide bonds. The summed E-state index contributed by atoms with van der Waals surface area (Å²) >= 11 is 0. The first kappa shape index (κ1) is 20.8. The Kier molecular flexibility index (Phi) is 6.31. The summed E-state index contributed by atoms with van der Waals surface area (Å²) in [5.41, 5.74) is 0.778. The van der Waals surface area contributed by atoms with Gasteiger partial charge in [0.05, 0.1) is 31.2 Å². The quantitative estimate of drug-likeness (QED) is 0.548. The maximum atomic E-state index is 12.3. The number of nitrogens with one attached hydrogen (secondary N) is 1. The fourth-order valence-electron chi connectivity index (χ4n) is 2.95. The van der Waals surface area contributed by atoms with Gasteiger partial charge in [-0.25, -0.2) is 4.79 Å². The number of ether oxygens (including phenoxy) is 3. The third-order valence-corrected chi connectivity index (χ3v) is 4.41. The maximum absolute atomic E-state index is 12.3. The third kappa shape index (κ3) is 4.57. The summed E-state index contributed by atoms with van der Waals surface area (Å²) in [5.74, 6) is -1.04. The predicted molar refractivity (Wildman–Crippen MR) is 107 cm³/mol. The lowest BCUT2D eigenvalue weighted by atomic mass is 10.2. The molecule has 30 heavy (non-hydrogen) atoms. The van der Waals surface area contributed by atoms with Crippen LogP contribution in [0.15, 0.2) is 42.5 Å². The van der Waals surface area contributed by atoms with E-state index in [1.807, 2.05) is 0 Å². The zero-order valence-corrected chi connectivity index (χ0v) is 16.5. The molecule has 0 saturated carbocycles. The number of methoxy groups -OCH3 is 2. The number of anilines is 2. The summed E-state index contributed by atoms with van der Waals surface area (Å²) in [6.45, 7) is -0.537. The lowest BCUT2D eigenvalue weighted by Gasteiger charge is -2.15. The van der Waals surface area contributed by atoms with Crippen LogP contribution in [0.5, 0.6) is 11.5 Å². The van der Waals surface area contributed by atoms with Gasteiger partial charge in [-0.15, -0.1) is 0 Å². The van der Waals surface area contributed by atoms with Crippen LogP contribution in [0.3, 0.4) is 0 Å². The van der Waals surface area contributed by atoms with E-state index in [-0.39, 0.29) is 30.2 Å². The zero-order chi connectivity index (χ0) is 21.7. The molecule has 0 bridgehead atoms. The summed E-state index contributed by atoms with van der Waals surface area (Å²) in [7, 11) is 2.95. The first-order valence-corrected chi connectivity index (χ1v) is 9.07. The number of imide groups is 1. The lowest BCUT2D eigenvalue weighted by Crippen LogP contribution is -2.28. The van der Waals surface area contributed by atoms with Gasteiger partial charge in [0.2, 0.25) is 11.8 Å². The third-order valence-electron chi connectivity index (χ3n) is 4.41. The average molecular weight is 412 g/mol. The Bertz CT molecular complexity index is 987. The van der Waals surface area contributed by atoms with Crippen molar-refractivity contribution in [1.82, 2.24) is 0 Å². The fourth-order valence-corrected chi connectivity index (χ4v) is 2.95. The Morgan fingerprint density at radius 3 is 2.40 bits per heavy atom. The molecule has 9 heteroatoms. The molecule has 9 nitrogen and oxygen atoms in total. The van der Waals surface area contributed by atoms with Crippen LogP contribution in [-0.4, -0.2) is 44.5 Å². The first-order chi connectivity index (χ1) is 14.4. The SMILES string of the molecule is COc1ccc(OC)c(NC(=O)COC(=O)c2cccc(N3C(=O)CCC3=O)c2)c1. The van der Waals surface area contributed by atoms with Crippen LogP contribution in [0.4, 0.5) is 11.4 Å². The molecule has 1 fully saturated rings. The molecule has 0 radical (unpaired) electrons. The van der Waals surface area contributed by atoms with Crippen molar-refractivity contribution < 1.29 is 33.4 Å². The lowest BCUT2D eigenvalue weighted by molar-refractivity contribution is -0.121. The number of carbonyl (C=O) groups is 4. The van der Waals surface area contributed by atoms with Crippen molar-refractivity contribution in [1.29, 1.82) is 0 Å². The molecule has 1 saturated heterocycles. The molecule has 3 rings (SSSR count). The van der Waals surface area contributed by atoms with Crippen LogP contribution in [0.25, 0.3) is 0 Å². The van der Waals surface area contributed by atoms with Crippen molar-refractivity contribution in [2.45, 2.75) is 12.8 Å². The molecule has 0 aromatic heterocycles. The van der Waals surface area contributed by atoms with Gasteiger partial charge in [-0.05, 0) is 30.3 Å². The molecule has 1 N–H and O–H groups in total. The number of carbonyl (C=O) groups excluding carboxylic acids is 4. The molecule has 0 aliphatic carbocycles. The highest BCUT2D eigenvalue weighted by molar-refractivity contribution is 6.20. The molecule has 1 aliphatic heterocycles. The van der Waals surface area contributed by atoms with E-state index in [1.165, 1.54) is 32.4 Å². The van der Waals surface area contributed by atoms with Gasteiger partial charge in [0.1, 0.15) is 11.5 Å². The Balaban J connectivity index is 1.63. The summed E-state index contributed by atoms with van der Waals surface area (Å²) in [6.07, 6.45) is 0.281. The van der Waals surface area contributed by atoms with E-state index in [2.05, 4.69) is 5.32 Å². The van der Waals surface area contributed by atoms with Gasteiger partial charge in [-0.2, -0.15) is 0 Å². The van der Waals surface area contributed by atoms with Crippen molar-refractivity contribution in [2.24, 2.45) is 0 Å². The topological polar surface area (TPSA) is 111 Å². The number of hydrogen-bond acceptors (Lipinski definition) is 7. The standard InChI is InChI=1S/C21H20N2O7/c1-28-15-6-7-17(29-2)16(11-15)22-18(24)12-30-21(27)13-4-3-5-14(10-13)23-19(25)8-9-20(23)26/h3-7,10-11H,8-9,12H2,1-2H3,(H,22,24). The normalized spacial score (nSPS) is 13.2. The minimum absolute atomic E-state index is 0.117. The van der Waals surface area contributed by atoms with Crippen LogP contribution in [-0.2, 0) is 19.1 Å². The Morgan fingerprint density at radius 1 is 1.00 bits per heavy atom. The van der Waals surface area contributed by atoms with Crippen molar-refractivity contribution >= 4 is 35.1 Å². The molecule has 0 spiro atoms. The molecule has 2 aromatic carbocycles. The van der Waals surface area contributed by atoms with E-state index < -0.39 is 18.5 Å². The zero-order valence-electron chi connectivity index (χ0n) is 16.5. The monoisotopic (exact) mass is 412 g/mol. The highest BCUT2D eigenvalue weighted by Crippen LogP contribution is 2.29. The highest BCUT2D eigenvalue weighted by Gasteiger charge is 2.30. The summed E-state index contributed by atoms with van der Waals surface area (Å²) in [6, 6.07) is 10.8. The first-order valence-electron chi connectivity index (χ1n) is 9.07. The van der Waals surface area contributed by atoms with Crippen LogP contribution in [0, 0.1) is 0 Å². The molecule has 156 valence electrons. The van der Waals surface area contributed by atoms with Crippen molar-refractivity contribution in [3.05, 3.63) is 48.0 Å². The molecular formula is C21H20N2O7. The summed E-state index contributed by atoms with van der Waals surface area (Å²) in [5, 5.41) is 2.59. The fraction of sp³-hybridized carbons (Fsp3) is 0.238. The molecule has 1 aliphatic rings. The molecule has 0 atom stereocenters. The van der Waals surface area contributed by atoms with Gasteiger partial charge < -0.3 is 19.5 Å². The van der Waals surface area contributed by atoms with Crippen LogP contribution >= 0.6 is 0 Å². The molecule has 1 heterocycles. The van der Waals surface area contributed by atoms with Crippen LogP contribution < -0.4 is 19.7 Å².